The van der Waals surface area contributed by atoms with E-state index < -0.39 is 5.97 Å². The number of benzene rings is 3. The van der Waals surface area contributed by atoms with Gasteiger partial charge < -0.3 is 5.11 Å². The molecule has 1 N–H and O–H groups in total. The fourth-order valence-corrected chi connectivity index (χ4v) is 4.34. The van der Waals surface area contributed by atoms with Gasteiger partial charge in [-0.25, -0.2) is 4.79 Å². The summed E-state index contributed by atoms with van der Waals surface area (Å²) in [5.41, 5.74) is 0.313. The summed E-state index contributed by atoms with van der Waals surface area (Å²) < 4.78 is 0. The number of hydrogen-bond donors (Lipinski definition) is 1. The van der Waals surface area contributed by atoms with Crippen molar-refractivity contribution in [1.29, 1.82) is 0 Å². The maximum atomic E-state index is 11.0. The fraction of sp³-hybridized carbons (Fsp3) is 0. The van der Waals surface area contributed by atoms with Crippen LogP contribution in [0.5, 0.6) is 0 Å². The molecular formula is C19H15O2S+. The first-order valence-electron chi connectivity index (χ1n) is 6.93. The van der Waals surface area contributed by atoms with Gasteiger partial charge >= 0.3 is 5.97 Å². The molecule has 108 valence electrons. The highest BCUT2D eigenvalue weighted by Gasteiger charge is 2.28. The molecule has 0 aliphatic carbocycles. The first-order valence-corrected chi connectivity index (χ1v) is 8.16. The number of hydrogen-bond acceptors (Lipinski definition) is 1. The van der Waals surface area contributed by atoms with Crippen molar-refractivity contribution in [2.45, 2.75) is 14.7 Å². The summed E-state index contributed by atoms with van der Waals surface area (Å²) in [6, 6.07) is 27.7. The van der Waals surface area contributed by atoms with Gasteiger partial charge in [-0.05, 0) is 48.5 Å². The zero-order valence-corrected chi connectivity index (χ0v) is 12.7. The van der Waals surface area contributed by atoms with Gasteiger partial charge in [0.1, 0.15) is 0 Å². The minimum absolute atomic E-state index is 0.229. The van der Waals surface area contributed by atoms with Crippen LogP contribution < -0.4 is 0 Å². The number of rotatable bonds is 4. The Kier molecular flexibility index (Phi) is 4.26. The van der Waals surface area contributed by atoms with Crippen molar-refractivity contribution in [2.75, 3.05) is 0 Å². The second-order valence-corrected chi connectivity index (χ2v) is 6.79. The van der Waals surface area contributed by atoms with E-state index in [-0.39, 0.29) is 10.9 Å². The molecule has 0 aliphatic heterocycles. The average Bonchev–Trinajstić information content (AvgIpc) is 2.57. The Morgan fingerprint density at radius 1 is 0.636 bits per heavy atom. The molecule has 0 heterocycles. The summed E-state index contributed by atoms with van der Waals surface area (Å²) in [5, 5.41) is 9.05. The van der Waals surface area contributed by atoms with Crippen LogP contribution in [0.1, 0.15) is 10.4 Å². The highest BCUT2D eigenvalue weighted by molar-refractivity contribution is 7.97. The molecule has 0 saturated carbocycles. The van der Waals surface area contributed by atoms with E-state index >= 15 is 0 Å². The monoisotopic (exact) mass is 307 g/mol. The van der Waals surface area contributed by atoms with Crippen LogP contribution in [-0.2, 0) is 10.9 Å². The van der Waals surface area contributed by atoms with Gasteiger partial charge in [0.2, 0.25) is 0 Å². The van der Waals surface area contributed by atoms with Crippen molar-refractivity contribution in [3.8, 4) is 0 Å². The van der Waals surface area contributed by atoms with E-state index in [9.17, 15) is 4.79 Å². The molecular weight excluding hydrogens is 292 g/mol. The maximum Gasteiger partial charge on any atom is 0.335 e. The Bertz CT molecular complexity index is 713. The van der Waals surface area contributed by atoms with Crippen molar-refractivity contribution in [3.63, 3.8) is 0 Å². The van der Waals surface area contributed by atoms with Crippen LogP contribution in [0.4, 0.5) is 0 Å². The van der Waals surface area contributed by atoms with Crippen LogP contribution in [0.15, 0.2) is 99.6 Å². The smallest absolute Gasteiger partial charge is 0.335 e. The minimum Gasteiger partial charge on any atom is -0.478 e. The van der Waals surface area contributed by atoms with Gasteiger partial charge in [-0.1, -0.05) is 36.4 Å². The summed E-state index contributed by atoms with van der Waals surface area (Å²) in [7, 11) is -0.229. The normalized spacial score (nSPS) is 10.6. The number of carboxylic acid groups (broad SMARTS) is 1. The van der Waals surface area contributed by atoms with Crippen LogP contribution >= 0.6 is 0 Å². The lowest BCUT2D eigenvalue weighted by atomic mass is 10.2. The third-order valence-corrected chi connectivity index (χ3v) is 5.53. The first kappa shape index (κ1) is 14.4. The molecule has 22 heavy (non-hydrogen) atoms. The summed E-state index contributed by atoms with van der Waals surface area (Å²) >= 11 is 0. The first-order chi connectivity index (χ1) is 10.8. The molecule has 0 aromatic heterocycles. The van der Waals surface area contributed by atoms with Gasteiger partial charge in [-0.15, -0.1) is 0 Å². The van der Waals surface area contributed by atoms with Gasteiger partial charge in [-0.2, -0.15) is 0 Å². The Hall–Kier alpha value is -2.52. The second-order valence-electron chi connectivity index (χ2n) is 4.76. The Balaban J connectivity index is 2.08. The molecule has 3 aromatic carbocycles. The second kappa shape index (κ2) is 6.50. The van der Waals surface area contributed by atoms with E-state index in [0.29, 0.717) is 5.56 Å². The maximum absolute atomic E-state index is 11.0. The summed E-state index contributed by atoms with van der Waals surface area (Å²) in [4.78, 5) is 14.6. The molecule has 0 fully saturated rings. The molecule has 0 amide bonds. The lowest BCUT2D eigenvalue weighted by molar-refractivity contribution is 0.0697. The van der Waals surface area contributed by atoms with E-state index in [1.807, 2.05) is 48.5 Å². The van der Waals surface area contributed by atoms with Crippen molar-refractivity contribution >= 4 is 16.9 Å². The van der Waals surface area contributed by atoms with Crippen molar-refractivity contribution in [3.05, 3.63) is 90.5 Å². The zero-order chi connectivity index (χ0) is 15.4. The average molecular weight is 307 g/mol. The van der Waals surface area contributed by atoms with Crippen molar-refractivity contribution in [2.24, 2.45) is 0 Å². The molecule has 3 heteroatoms. The predicted octanol–water partition coefficient (Wildman–Crippen LogP) is 4.48. The number of aromatic carboxylic acids is 1. The number of carbonyl (C=O) groups is 1. The minimum atomic E-state index is -0.897. The summed E-state index contributed by atoms with van der Waals surface area (Å²) in [6.45, 7) is 0. The van der Waals surface area contributed by atoms with Gasteiger partial charge in [0.05, 0.1) is 16.5 Å². The molecule has 0 spiro atoms. The third kappa shape index (κ3) is 3.05. The molecule has 3 aromatic rings. The Morgan fingerprint density at radius 2 is 1.05 bits per heavy atom. The highest BCUT2D eigenvalue weighted by Crippen LogP contribution is 2.30. The van der Waals surface area contributed by atoms with E-state index in [2.05, 4.69) is 24.3 Å². The molecule has 0 unspecified atom stereocenters. The highest BCUT2D eigenvalue weighted by atomic mass is 32.2. The van der Waals surface area contributed by atoms with Crippen LogP contribution in [0.25, 0.3) is 0 Å². The summed E-state index contributed by atoms with van der Waals surface area (Å²) in [6.07, 6.45) is 0. The van der Waals surface area contributed by atoms with E-state index in [0.717, 1.165) is 4.90 Å². The lowest BCUT2D eigenvalue weighted by Crippen LogP contribution is -2.05. The molecule has 2 nitrogen and oxygen atoms in total. The van der Waals surface area contributed by atoms with Gasteiger partial charge in [0.25, 0.3) is 0 Å². The molecule has 0 atom stereocenters. The van der Waals surface area contributed by atoms with E-state index in [4.69, 9.17) is 5.11 Å². The third-order valence-electron chi connectivity index (χ3n) is 3.29. The zero-order valence-electron chi connectivity index (χ0n) is 11.8. The molecule has 0 aliphatic rings. The SMILES string of the molecule is O=C(O)c1ccc([S+](c2ccccc2)c2ccccc2)cc1. The molecule has 0 radical (unpaired) electrons. The quantitative estimate of drug-likeness (QED) is 0.722. The standard InChI is InChI=1S/C19H14O2S/c20-19(21)15-11-13-18(14-12-15)22(16-7-3-1-4-8-16)17-9-5-2-6-10-17/h1-14H/p+1. The largest absolute Gasteiger partial charge is 0.478 e. The van der Waals surface area contributed by atoms with Gasteiger partial charge in [-0.3, -0.25) is 0 Å². The van der Waals surface area contributed by atoms with Gasteiger partial charge in [0.15, 0.2) is 14.7 Å². The fourth-order valence-electron chi connectivity index (χ4n) is 2.25. The van der Waals surface area contributed by atoms with E-state index in [1.165, 1.54) is 9.79 Å². The number of carboxylic acids is 1. The predicted molar refractivity (Wildman–Crippen MR) is 88.4 cm³/mol. The van der Waals surface area contributed by atoms with E-state index in [1.54, 1.807) is 12.1 Å². The Labute approximate surface area is 132 Å². The molecule has 0 saturated heterocycles. The van der Waals surface area contributed by atoms with Crippen molar-refractivity contribution < 1.29 is 9.90 Å². The van der Waals surface area contributed by atoms with Crippen LogP contribution in [0.2, 0.25) is 0 Å². The van der Waals surface area contributed by atoms with Crippen LogP contribution in [-0.4, -0.2) is 11.1 Å². The van der Waals surface area contributed by atoms with Gasteiger partial charge in [0, 0.05) is 0 Å². The van der Waals surface area contributed by atoms with Crippen LogP contribution in [0.3, 0.4) is 0 Å². The lowest BCUT2D eigenvalue weighted by Gasteiger charge is -2.07. The van der Waals surface area contributed by atoms with Crippen molar-refractivity contribution in [1.82, 2.24) is 0 Å². The summed E-state index contributed by atoms with van der Waals surface area (Å²) in [5.74, 6) is -0.897. The van der Waals surface area contributed by atoms with Crippen LogP contribution in [0, 0.1) is 0 Å². The topological polar surface area (TPSA) is 37.3 Å². The molecule has 3 rings (SSSR count). The Morgan fingerprint density at radius 3 is 1.45 bits per heavy atom. The molecule has 0 bridgehead atoms.